The van der Waals surface area contributed by atoms with Crippen molar-refractivity contribution >= 4 is 15.9 Å². The fourth-order valence-electron chi connectivity index (χ4n) is 2.68. The number of likely N-dealkylation sites (N-methyl/N-ethyl adjacent to an activating group) is 1. The number of rotatable bonds is 4. The van der Waals surface area contributed by atoms with Crippen LogP contribution >= 0.6 is 15.9 Å². The molecule has 0 spiro atoms. The van der Waals surface area contributed by atoms with Crippen molar-refractivity contribution in [1.82, 2.24) is 10.3 Å². The number of aromatic nitrogens is 1. The molecular formula is C17H21BrN2. The number of benzene rings is 1. The zero-order valence-corrected chi connectivity index (χ0v) is 14.1. The highest BCUT2D eigenvalue weighted by Crippen LogP contribution is 2.23. The van der Waals surface area contributed by atoms with Gasteiger partial charge in [0.05, 0.1) is 11.7 Å². The van der Waals surface area contributed by atoms with Gasteiger partial charge in [0.1, 0.15) is 0 Å². The fourth-order valence-corrected chi connectivity index (χ4v) is 2.92. The summed E-state index contributed by atoms with van der Waals surface area (Å²) >= 11 is 3.43. The highest BCUT2D eigenvalue weighted by Gasteiger charge is 2.14. The lowest BCUT2D eigenvalue weighted by molar-refractivity contribution is 0.573. The minimum Gasteiger partial charge on any atom is -0.311 e. The SMILES string of the molecule is CNC(Cc1c(C)cc(C)cc1C)c1ccc(Br)cn1. The van der Waals surface area contributed by atoms with E-state index in [1.165, 1.54) is 22.3 Å². The van der Waals surface area contributed by atoms with Crippen LogP contribution in [0, 0.1) is 20.8 Å². The van der Waals surface area contributed by atoms with Gasteiger partial charge < -0.3 is 5.32 Å². The normalized spacial score (nSPS) is 12.4. The third-order valence-corrected chi connectivity index (χ3v) is 4.17. The Hall–Kier alpha value is -1.19. The van der Waals surface area contributed by atoms with Gasteiger partial charge in [-0.25, -0.2) is 0 Å². The van der Waals surface area contributed by atoms with Crippen molar-refractivity contribution in [3.8, 4) is 0 Å². The van der Waals surface area contributed by atoms with E-state index in [-0.39, 0.29) is 6.04 Å². The Labute approximate surface area is 129 Å². The summed E-state index contributed by atoms with van der Waals surface area (Å²) in [5.41, 5.74) is 6.54. The van der Waals surface area contributed by atoms with E-state index in [2.05, 4.69) is 65.2 Å². The molecule has 0 saturated heterocycles. The monoisotopic (exact) mass is 332 g/mol. The quantitative estimate of drug-likeness (QED) is 0.904. The van der Waals surface area contributed by atoms with E-state index in [9.17, 15) is 0 Å². The number of aryl methyl sites for hydroxylation is 3. The first-order valence-electron chi connectivity index (χ1n) is 6.86. The number of hydrogen-bond acceptors (Lipinski definition) is 2. The molecule has 0 radical (unpaired) electrons. The lowest BCUT2D eigenvalue weighted by Gasteiger charge is -2.19. The van der Waals surface area contributed by atoms with Crippen LogP contribution in [-0.4, -0.2) is 12.0 Å². The van der Waals surface area contributed by atoms with Crippen molar-refractivity contribution in [2.45, 2.75) is 33.2 Å². The maximum Gasteiger partial charge on any atom is 0.0577 e. The van der Waals surface area contributed by atoms with Gasteiger partial charge in [0.25, 0.3) is 0 Å². The van der Waals surface area contributed by atoms with Crippen LogP contribution in [0.25, 0.3) is 0 Å². The Balaban J connectivity index is 2.29. The van der Waals surface area contributed by atoms with Crippen LogP contribution in [0.3, 0.4) is 0 Å². The third kappa shape index (κ3) is 3.47. The molecular weight excluding hydrogens is 312 g/mol. The zero-order valence-electron chi connectivity index (χ0n) is 12.5. The molecule has 0 saturated carbocycles. The molecule has 0 bridgehead atoms. The van der Waals surface area contributed by atoms with Crippen LogP contribution in [0.5, 0.6) is 0 Å². The average Bonchev–Trinajstić information content (AvgIpc) is 2.39. The topological polar surface area (TPSA) is 24.9 Å². The standard InChI is InChI=1S/C17H21BrN2/c1-11-7-12(2)15(13(3)8-11)9-17(19-4)16-6-5-14(18)10-20-16/h5-8,10,17,19H,9H2,1-4H3. The molecule has 1 N–H and O–H groups in total. The summed E-state index contributed by atoms with van der Waals surface area (Å²) in [6.45, 7) is 6.53. The molecule has 106 valence electrons. The summed E-state index contributed by atoms with van der Waals surface area (Å²) in [4.78, 5) is 4.51. The predicted octanol–water partition coefficient (Wildman–Crippen LogP) is 4.27. The first-order valence-corrected chi connectivity index (χ1v) is 7.66. The van der Waals surface area contributed by atoms with Gasteiger partial charge in [-0.05, 0) is 79.0 Å². The van der Waals surface area contributed by atoms with Gasteiger partial charge in [0.15, 0.2) is 0 Å². The maximum atomic E-state index is 4.51. The van der Waals surface area contributed by atoms with Crippen LogP contribution in [0.15, 0.2) is 34.9 Å². The molecule has 1 heterocycles. The predicted molar refractivity (Wildman–Crippen MR) is 88.1 cm³/mol. The first kappa shape index (κ1) is 15.2. The number of nitrogens with zero attached hydrogens (tertiary/aromatic N) is 1. The Morgan fingerprint density at radius 2 is 1.80 bits per heavy atom. The van der Waals surface area contributed by atoms with Gasteiger partial charge in [0, 0.05) is 10.7 Å². The van der Waals surface area contributed by atoms with E-state index < -0.39 is 0 Å². The third-order valence-electron chi connectivity index (χ3n) is 3.70. The van der Waals surface area contributed by atoms with Crippen molar-refractivity contribution in [2.24, 2.45) is 0 Å². The fraction of sp³-hybridized carbons (Fsp3) is 0.353. The lowest BCUT2D eigenvalue weighted by Crippen LogP contribution is -2.20. The number of hydrogen-bond donors (Lipinski definition) is 1. The van der Waals surface area contributed by atoms with E-state index in [1.807, 2.05) is 19.3 Å². The van der Waals surface area contributed by atoms with Crippen LogP contribution in [0.4, 0.5) is 0 Å². The molecule has 1 aromatic carbocycles. The molecule has 2 aromatic rings. The molecule has 1 unspecified atom stereocenters. The van der Waals surface area contributed by atoms with Crippen molar-refractivity contribution in [2.75, 3.05) is 7.05 Å². The van der Waals surface area contributed by atoms with E-state index >= 15 is 0 Å². The maximum absolute atomic E-state index is 4.51. The molecule has 0 amide bonds. The van der Waals surface area contributed by atoms with Crippen molar-refractivity contribution in [3.63, 3.8) is 0 Å². The van der Waals surface area contributed by atoms with Gasteiger partial charge in [-0.2, -0.15) is 0 Å². The first-order chi connectivity index (χ1) is 9.51. The van der Waals surface area contributed by atoms with E-state index in [4.69, 9.17) is 0 Å². The lowest BCUT2D eigenvalue weighted by atomic mass is 9.93. The van der Waals surface area contributed by atoms with Gasteiger partial charge in [-0.3, -0.25) is 4.98 Å². The second-order valence-electron chi connectivity index (χ2n) is 5.32. The summed E-state index contributed by atoms with van der Waals surface area (Å²) in [5.74, 6) is 0. The van der Waals surface area contributed by atoms with E-state index in [0.29, 0.717) is 0 Å². The summed E-state index contributed by atoms with van der Waals surface area (Å²) in [5, 5.41) is 3.38. The van der Waals surface area contributed by atoms with Crippen molar-refractivity contribution in [1.29, 1.82) is 0 Å². The van der Waals surface area contributed by atoms with Gasteiger partial charge in [0.2, 0.25) is 0 Å². The summed E-state index contributed by atoms with van der Waals surface area (Å²) in [6, 6.07) is 8.86. The molecule has 1 atom stereocenters. The molecule has 0 aliphatic heterocycles. The average molecular weight is 333 g/mol. The number of pyridine rings is 1. The van der Waals surface area contributed by atoms with Crippen LogP contribution < -0.4 is 5.32 Å². The summed E-state index contributed by atoms with van der Waals surface area (Å²) in [7, 11) is 1.99. The minimum absolute atomic E-state index is 0.239. The van der Waals surface area contributed by atoms with Crippen LogP contribution in [-0.2, 0) is 6.42 Å². The second-order valence-corrected chi connectivity index (χ2v) is 6.24. The summed E-state index contributed by atoms with van der Waals surface area (Å²) in [6.07, 6.45) is 2.82. The van der Waals surface area contributed by atoms with E-state index in [1.54, 1.807) is 0 Å². The van der Waals surface area contributed by atoms with Crippen molar-refractivity contribution < 1.29 is 0 Å². The molecule has 2 rings (SSSR count). The van der Waals surface area contributed by atoms with Gasteiger partial charge >= 0.3 is 0 Å². The summed E-state index contributed by atoms with van der Waals surface area (Å²) < 4.78 is 1.01. The van der Waals surface area contributed by atoms with E-state index in [0.717, 1.165) is 16.6 Å². The highest BCUT2D eigenvalue weighted by molar-refractivity contribution is 9.10. The van der Waals surface area contributed by atoms with Crippen LogP contribution in [0.1, 0.15) is 34.0 Å². The molecule has 3 heteroatoms. The van der Waals surface area contributed by atoms with Crippen molar-refractivity contribution in [3.05, 3.63) is 62.9 Å². The minimum atomic E-state index is 0.239. The van der Waals surface area contributed by atoms with Gasteiger partial charge in [-0.15, -0.1) is 0 Å². The largest absolute Gasteiger partial charge is 0.311 e. The smallest absolute Gasteiger partial charge is 0.0577 e. The molecule has 0 aliphatic carbocycles. The number of nitrogens with one attached hydrogen (secondary N) is 1. The van der Waals surface area contributed by atoms with Gasteiger partial charge in [-0.1, -0.05) is 17.7 Å². The second kappa shape index (κ2) is 6.51. The Kier molecular flexibility index (Phi) is 4.95. The molecule has 2 nitrogen and oxygen atoms in total. The molecule has 0 aliphatic rings. The molecule has 0 fully saturated rings. The molecule has 20 heavy (non-hydrogen) atoms. The van der Waals surface area contributed by atoms with Crippen LogP contribution in [0.2, 0.25) is 0 Å². The number of halogens is 1. The Morgan fingerprint density at radius 1 is 1.15 bits per heavy atom. The Morgan fingerprint density at radius 3 is 2.30 bits per heavy atom. The highest BCUT2D eigenvalue weighted by atomic mass is 79.9. The molecule has 1 aromatic heterocycles. The Bertz CT molecular complexity index is 567. The zero-order chi connectivity index (χ0) is 14.7.